The van der Waals surface area contributed by atoms with Gasteiger partial charge in [0, 0.05) is 32.2 Å². The van der Waals surface area contributed by atoms with Crippen LogP contribution >= 0.6 is 0 Å². The van der Waals surface area contributed by atoms with Gasteiger partial charge in [-0.05, 0) is 42.2 Å². The number of para-hydroxylation sites is 1. The number of amides is 1. The highest BCUT2D eigenvalue weighted by Crippen LogP contribution is 2.17. The van der Waals surface area contributed by atoms with Gasteiger partial charge in [0.25, 0.3) is 5.91 Å². The van der Waals surface area contributed by atoms with Gasteiger partial charge in [0.2, 0.25) is 0 Å². The lowest BCUT2D eigenvalue weighted by molar-refractivity contribution is 0.0953. The van der Waals surface area contributed by atoms with Gasteiger partial charge in [-0.1, -0.05) is 37.3 Å². The van der Waals surface area contributed by atoms with E-state index in [0.717, 1.165) is 42.2 Å². The van der Waals surface area contributed by atoms with E-state index in [1.54, 1.807) is 14.2 Å². The molecule has 0 aliphatic rings. The van der Waals surface area contributed by atoms with Gasteiger partial charge in [0.15, 0.2) is 5.96 Å². The number of nitrogens with zero attached hydrogens (tertiary/aromatic N) is 1. The van der Waals surface area contributed by atoms with Crippen molar-refractivity contribution in [2.45, 2.75) is 26.3 Å². The van der Waals surface area contributed by atoms with Crippen LogP contribution in [-0.4, -0.2) is 39.1 Å². The lowest BCUT2D eigenvalue weighted by atomic mass is 10.1. The maximum Gasteiger partial charge on any atom is 0.251 e. The van der Waals surface area contributed by atoms with Crippen molar-refractivity contribution < 1.29 is 9.53 Å². The number of ether oxygens (including phenoxy) is 1. The molecule has 28 heavy (non-hydrogen) atoms. The molecule has 0 unspecified atom stereocenters. The Morgan fingerprint density at radius 3 is 2.61 bits per heavy atom. The third-order valence-corrected chi connectivity index (χ3v) is 4.29. The van der Waals surface area contributed by atoms with Gasteiger partial charge in [-0.25, -0.2) is 0 Å². The summed E-state index contributed by atoms with van der Waals surface area (Å²) < 4.78 is 5.38. The van der Waals surface area contributed by atoms with Crippen LogP contribution in [0.4, 0.5) is 0 Å². The molecule has 2 rings (SSSR count). The lowest BCUT2D eigenvalue weighted by Gasteiger charge is -2.13. The van der Waals surface area contributed by atoms with Crippen LogP contribution in [0.25, 0.3) is 0 Å². The van der Waals surface area contributed by atoms with Crippen LogP contribution in [0.15, 0.2) is 53.5 Å². The summed E-state index contributed by atoms with van der Waals surface area (Å²) in [4.78, 5) is 16.4. The van der Waals surface area contributed by atoms with E-state index < -0.39 is 0 Å². The van der Waals surface area contributed by atoms with Crippen LogP contribution in [0.1, 0.15) is 34.8 Å². The highest BCUT2D eigenvalue weighted by molar-refractivity contribution is 5.94. The molecule has 0 spiro atoms. The molecule has 0 saturated carbocycles. The molecule has 0 aliphatic heterocycles. The smallest absolute Gasteiger partial charge is 0.251 e. The molecule has 0 heterocycles. The summed E-state index contributed by atoms with van der Waals surface area (Å²) in [5, 5.41) is 9.49. The van der Waals surface area contributed by atoms with E-state index in [4.69, 9.17) is 4.74 Å². The van der Waals surface area contributed by atoms with E-state index in [0.29, 0.717) is 18.7 Å². The molecule has 1 amide bonds. The van der Waals surface area contributed by atoms with Gasteiger partial charge in [0.1, 0.15) is 5.75 Å². The van der Waals surface area contributed by atoms with E-state index in [-0.39, 0.29) is 5.91 Å². The summed E-state index contributed by atoms with van der Waals surface area (Å²) in [5.74, 6) is 1.57. The third-order valence-electron chi connectivity index (χ3n) is 4.29. The number of guanidine groups is 1. The molecule has 150 valence electrons. The van der Waals surface area contributed by atoms with Gasteiger partial charge in [-0.2, -0.15) is 0 Å². The Kier molecular flexibility index (Phi) is 8.85. The van der Waals surface area contributed by atoms with Gasteiger partial charge < -0.3 is 20.7 Å². The fraction of sp³-hybridized carbons (Fsp3) is 0.364. The molecule has 2 aromatic rings. The average molecular weight is 383 g/mol. The zero-order chi connectivity index (χ0) is 20.2. The SMILES string of the molecule is CCCNC(=O)c1cccc(CNC(=NC)NCCc2ccccc2OC)c1. The van der Waals surface area contributed by atoms with Crippen molar-refractivity contribution in [2.24, 2.45) is 4.99 Å². The van der Waals surface area contributed by atoms with Crippen LogP contribution in [0.5, 0.6) is 5.75 Å². The maximum atomic E-state index is 12.1. The van der Waals surface area contributed by atoms with Crippen molar-refractivity contribution in [3.63, 3.8) is 0 Å². The predicted octanol–water partition coefficient (Wildman–Crippen LogP) is 2.74. The highest BCUT2D eigenvalue weighted by atomic mass is 16.5. The summed E-state index contributed by atoms with van der Waals surface area (Å²) in [7, 11) is 3.43. The average Bonchev–Trinajstić information content (AvgIpc) is 2.74. The first kappa shape index (κ1) is 21.3. The predicted molar refractivity (Wildman–Crippen MR) is 114 cm³/mol. The fourth-order valence-corrected chi connectivity index (χ4v) is 2.79. The Balaban J connectivity index is 1.84. The normalized spacial score (nSPS) is 11.0. The van der Waals surface area contributed by atoms with E-state index in [9.17, 15) is 4.79 Å². The second-order valence-corrected chi connectivity index (χ2v) is 6.37. The number of aliphatic imine (C=N–C) groups is 1. The topological polar surface area (TPSA) is 74.8 Å². The van der Waals surface area contributed by atoms with Gasteiger partial charge in [-0.3, -0.25) is 9.79 Å². The Morgan fingerprint density at radius 1 is 1.04 bits per heavy atom. The van der Waals surface area contributed by atoms with E-state index in [1.807, 2.05) is 49.4 Å². The standard InChI is InChI=1S/C22H30N4O2/c1-4-13-24-21(27)19-10-7-8-17(15-19)16-26-22(23-2)25-14-12-18-9-5-6-11-20(18)28-3/h5-11,15H,4,12-14,16H2,1-3H3,(H,24,27)(H2,23,25,26). The number of hydrogen-bond donors (Lipinski definition) is 3. The summed E-state index contributed by atoms with van der Waals surface area (Å²) in [5.41, 5.74) is 2.85. The summed E-state index contributed by atoms with van der Waals surface area (Å²) in [6.45, 7) is 4.04. The quantitative estimate of drug-likeness (QED) is 0.460. The van der Waals surface area contributed by atoms with Gasteiger partial charge in [-0.15, -0.1) is 0 Å². The molecule has 6 heteroatoms. The van der Waals surface area contributed by atoms with E-state index in [2.05, 4.69) is 27.0 Å². The van der Waals surface area contributed by atoms with Crippen LogP contribution < -0.4 is 20.7 Å². The monoisotopic (exact) mass is 382 g/mol. The van der Waals surface area contributed by atoms with Crippen molar-refractivity contribution in [1.82, 2.24) is 16.0 Å². The van der Waals surface area contributed by atoms with Crippen molar-refractivity contribution in [2.75, 3.05) is 27.2 Å². The molecule has 0 saturated heterocycles. The maximum absolute atomic E-state index is 12.1. The van der Waals surface area contributed by atoms with Crippen LogP contribution in [0, 0.1) is 0 Å². The van der Waals surface area contributed by atoms with E-state index in [1.165, 1.54) is 0 Å². The Bertz CT molecular complexity index is 790. The zero-order valence-corrected chi connectivity index (χ0v) is 16.9. The van der Waals surface area contributed by atoms with Crippen molar-refractivity contribution in [1.29, 1.82) is 0 Å². The van der Waals surface area contributed by atoms with E-state index >= 15 is 0 Å². The molecule has 2 aromatic carbocycles. The number of hydrogen-bond acceptors (Lipinski definition) is 3. The molecule has 0 atom stereocenters. The number of carbonyl (C=O) groups excluding carboxylic acids is 1. The Hall–Kier alpha value is -3.02. The largest absolute Gasteiger partial charge is 0.496 e. The molecule has 3 N–H and O–H groups in total. The van der Waals surface area contributed by atoms with Crippen molar-refractivity contribution in [3.8, 4) is 5.75 Å². The number of nitrogens with one attached hydrogen (secondary N) is 3. The van der Waals surface area contributed by atoms with Crippen LogP contribution in [-0.2, 0) is 13.0 Å². The molecule has 6 nitrogen and oxygen atoms in total. The first-order chi connectivity index (χ1) is 13.7. The van der Waals surface area contributed by atoms with Crippen LogP contribution in [0.3, 0.4) is 0 Å². The zero-order valence-electron chi connectivity index (χ0n) is 16.9. The third kappa shape index (κ3) is 6.61. The van der Waals surface area contributed by atoms with Gasteiger partial charge in [0.05, 0.1) is 7.11 Å². The minimum Gasteiger partial charge on any atom is -0.496 e. The Morgan fingerprint density at radius 2 is 1.86 bits per heavy atom. The lowest BCUT2D eigenvalue weighted by Crippen LogP contribution is -2.37. The molecule has 0 bridgehead atoms. The highest BCUT2D eigenvalue weighted by Gasteiger charge is 2.06. The van der Waals surface area contributed by atoms with Gasteiger partial charge >= 0.3 is 0 Å². The minimum absolute atomic E-state index is 0.0389. The van der Waals surface area contributed by atoms with Crippen LogP contribution in [0.2, 0.25) is 0 Å². The molecular weight excluding hydrogens is 352 g/mol. The second kappa shape index (κ2) is 11.6. The number of methoxy groups -OCH3 is 1. The molecule has 0 aromatic heterocycles. The first-order valence-electron chi connectivity index (χ1n) is 9.61. The Labute approximate surface area is 167 Å². The summed E-state index contributed by atoms with van der Waals surface area (Å²) in [6.07, 6.45) is 1.75. The minimum atomic E-state index is -0.0389. The van der Waals surface area contributed by atoms with Crippen molar-refractivity contribution in [3.05, 3.63) is 65.2 Å². The summed E-state index contributed by atoms with van der Waals surface area (Å²) >= 11 is 0. The molecule has 0 fully saturated rings. The molecule has 0 radical (unpaired) electrons. The molecule has 0 aliphatic carbocycles. The number of carbonyl (C=O) groups is 1. The first-order valence-corrected chi connectivity index (χ1v) is 9.61. The number of rotatable bonds is 9. The van der Waals surface area contributed by atoms with Crippen molar-refractivity contribution >= 4 is 11.9 Å². The molecular formula is C22H30N4O2. The second-order valence-electron chi connectivity index (χ2n) is 6.37. The fourth-order valence-electron chi connectivity index (χ4n) is 2.79. The summed E-state index contributed by atoms with van der Waals surface area (Å²) in [6, 6.07) is 15.6. The number of benzene rings is 2.